The molecule has 0 amide bonds. The first-order valence-electron chi connectivity index (χ1n) is 16.2. The molecule has 11 atom stereocenters. The lowest BCUT2D eigenvalue weighted by atomic mass is 9.98. The van der Waals surface area contributed by atoms with Crippen LogP contribution in [0.4, 0.5) is 11.9 Å². The summed E-state index contributed by atoms with van der Waals surface area (Å²) in [4.78, 5) is 83.7. The van der Waals surface area contributed by atoms with Crippen LogP contribution in [0.15, 0.2) is 34.6 Å². The van der Waals surface area contributed by atoms with Gasteiger partial charge in [0.2, 0.25) is 11.9 Å². The number of aliphatic hydroxyl groups excluding tert-OH is 4. The number of nitrogen functional groups attached to an aromatic ring is 2. The standard InChI is InChI=1S/C25H35N10O20P3/c1-8(36)12-15(37)10(53-22(12)34-6-28-13-18(34)30-24(26)32-20(13)40)4-51-57(45,46)49-2-9(55-56(42,43)44)3-50-58(47,48)52-5-11-16(38)17(39)23(54-11)35-7-29-14-19(35)31-25(27)33-21(14)41/h6-7,9-12,15-17,22-23,36-39H,1-5H2,(H,45,46)(H,47,48)(H2,42,43,44)(H3,26,30,32,40)(H3,27,31,33,41)/t9?,10?,11?,12-,15-,16?,17?,22?,23-/m1/s1. The first-order valence-corrected chi connectivity index (χ1v) is 20.7. The predicted octanol–water partition coefficient (Wildman–Crippen LogP) is -3.27. The molecule has 2 aliphatic rings. The number of H-pyrrole nitrogens is 2. The number of aromatic nitrogens is 8. The van der Waals surface area contributed by atoms with Crippen molar-refractivity contribution in [3.05, 3.63) is 45.7 Å². The van der Waals surface area contributed by atoms with E-state index in [0.717, 1.165) is 21.8 Å². The van der Waals surface area contributed by atoms with Crippen molar-refractivity contribution in [2.24, 2.45) is 5.92 Å². The van der Waals surface area contributed by atoms with Crippen LogP contribution in [0.1, 0.15) is 12.5 Å². The Kier molecular flexibility index (Phi) is 12.4. The van der Waals surface area contributed by atoms with Gasteiger partial charge in [-0.1, -0.05) is 6.58 Å². The molecule has 320 valence electrons. The molecule has 2 fully saturated rings. The Hall–Kier alpha value is -4.03. The second-order valence-electron chi connectivity index (χ2n) is 12.5. The molecule has 0 aliphatic carbocycles. The fraction of sp³-hybridized carbons (Fsp3) is 0.520. The Morgan fingerprint density at radius 1 is 0.776 bits per heavy atom. The molecule has 4 aromatic rings. The quantitative estimate of drug-likeness (QED) is 0.0365. The van der Waals surface area contributed by atoms with Gasteiger partial charge in [-0.3, -0.25) is 51.3 Å². The van der Waals surface area contributed by atoms with Gasteiger partial charge >= 0.3 is 23.5 Å². The predicted molar refractivity (Wildman–Crippen MR) is 187 cm³/mol. The number of ether oxygens (including phenoxy) is 2. The summed E-state index contributed by atoms with van der Waals surface area (Å²) in [6.45, 7) is -0.952. The molecular weight excluding hydrogens is 853 g/mol. The van der Waals surface area contributed by atoms with Crippen molar-refractivity contribution in [2.45, 2.75) is 49.1 Å². The average Bonchev–Trinajstić information content (AvgIpc) is 3.88. The molecule has 0 radical (unpaired) electrons. The van der Waals surface area contributed by atoms with Crippen LogP contribution < -0.4 is 22.6 Å². The number of hydrogen-bond donors (Lipinski definition) is 12. The summed E-state index contributed by atoms with van der Waals surface area (Å²) in [5.74, 6) is -2.53. The van der Waals surface area contributed by atoms with E-state index in [4.69, 9.17) is 39.0 Å². The normalized spacial score (nSPS) is 27.8. The third-order valence-corrected chi connectivity index (χ3v) is 11.0. The van der Waals surface area contributed by atoms with Crippen LogP contribution in [0, 0.1) is 5.92 Å². The SMILES string of the molecule is C=C(O)[C@H]1C(n2cnc3c(=O)[nH]c(N)nc32)OC(COP(=O)(O)OCC(COP(=O)(O)OCC2O[C@@H](n3cnc4c(=O)[nH]c(N)nc43)C(O)C2O)OP(=O)(O)O)[C@H]1O. The fourth-order valence-corrected chi connectivity index (χ4v) is 7.94. The van der Waals surface area contributed by atoms with Crippen molar-refractivity contribution in [2.75, 3.05) is 37.9 Å². The number of fused-ring (bicyclic) bond motifs is 2. The minimum atomic E-state index is -5.43. The van der Waals surface area contributed by atoms with Crippen LogP contribution in [-0.4, -0.2) is 142 Å². The van der Waals surface area contributed by atoms with Crippen LogP contribution in [0.5, 0.6) is 0 Å². The van der Waals surface area contributed by atoms with E-state index in [1.165, 1.54) is 0 Å². The summed E-state index contributed by atoms with van der Waals surface area (Å²) in [5, 5.41) is 42.2. The van der Waals surface area contributed by atoms with E-state index in [0.29, 0.717) is 0 Å². The molecule has 0 saturated carbocycles. The average molecular weight is 889 g/mol. The molecule has 58 heavy (non-hydrogen) atoms. The number of imidazole rings is 2. The van der Waals surface area contributed by atoms with Gasteiger partial charge in [0.05, 0.1) is 56.9 Å². The molecule has 30 nitrogen and oxygen atoms in total. The van der Waals surface area contributed by atoms with Gasteiger partial charge in [0.15, 0.2) is 28.6 Å². The number of rotatable bonds is 17. The molecule has 2 saturated heterocycles. The fourth-order valence-electron chi connectivity index (χ4n) is 5.91. The number of nitrogens with one attached hydrogen (secondary N) is 2. The summed E-state index contributed by atoms with van der Waals surface area (Å²) in [5.41, 5.74) is 9.16. The number of nitrogens with zero attached hydrogens (tertiary/aromatic N) is 6. The Balaban J connectivity index is 1.04. The Morgan fingerprint density at radius 3 is 1.69 bits per heavy atom. The zero-order valence-electron chi connectivity index (χ0n) is 29.0. The summed E-state index contributed by atoms with van der Waals surface area (Å²) in [6, 6.07) is 0. The first kappa shape index (κ1) is 43.5. The highest BCUT2D eigenvalue weighted by atomic mass is 31.2. The summed E-state index contributed by atoms with van der Waals surface area (Å²) in [6.07, 6.45) is -10.9. The summed E-state index contributed by atoms with van der Waals surface area (Å²) in [7, 11) is -15.9. The third-order valence-electron chi connectivity index (χ3n) is 8.48. The number of anilines is 2. The smallest absolute Gasteiger partial charge is 0.472 e. The van der Waals surface area contributed by atoms with Crippen LogP contribution in [0.2, 0.25) is 0 Å². The second kappa shape index (κ2) is 16.6. The Morgan fingerprint density at radius 2 is 1.22 bits per heavy atom. The monoisotopic (exact) mass is 888 g/mol. The van der Waals surface area contributed by atoms with Crippen LogP contribution >= 0.6 is 23.5 Å². The highest BCUT2D eigenvalue weighted by molar-refractivity contribution is 7.47. The number of phosphoric ester groups is 3. The van der Waals surface area contributed by atoms with Gasteiger partial charge in [-0.15, -0.1) is 0 Å². The van der Waals surface area contributed by atoms with Crippen molar-refractivity contribution in [3.8, 4) is 0 Å². The molecule has 0 spiro atoms. The second-order valence-corrected chi connectivity index (χ2v) is 16.6. The molecule has 6 heterocycles. The van der Waals surface area contributed by atoms with E-state index in [-0.39, 0.29) is 34.2 Å². The maximum Gasteiger partial charge on any atom is 0.472 e. The number of nitrogens with two attached hydrogens (primary N) is 2. The summed E-state index contributed by atoms with van der Waals surface area (Å²) >= 11 is 0. The molecule has 4 aromatic heterocycles. The Labute approximate surface area is 321 Å². The van der Waals surface area contributed by atoms with E-state index in [1.54, 1.807) is 0 Å². The van der Waals surface area contributed by atoms with E-state index >= 15 is 0 Å². The number of aromatic amines is 2. The van der Waals surface area contributed by atoms with Gasteiger partial charge < -0.3 is 60.9 Å². The van der Waals surface area contributed by atoms with Crippen molar-refractivity contribution in [1.82, 2.24) is 39.0 Å². The third kappa shape index (κ3) is 9.54. The van der Waals surface area contributed by atoms with Gasteiger partial charge in [0, 0.05) is 0 Å². The molecule has 0 bridgehead atoms. The van der Waals surface area contributed by atoms with E-state index < -0.39 is 122 Å². The van der Waals surface area contributed by atoms with Gasteiger partial charge in [-0.2, -0.15) is 9.97 Å². The minimum absolute atomic E-state index is 0.112. The lowest BCUT2D eigenvalue weighted by Crippen LogP contribution is -2.33. The molecule has 2 aliphatic heterocycles. The van der Waals surface area contributed by atoms with Crippen molar-refractivity contribution < 1.29 is 85.8 Å². The van der Waals surface area contributed by atoms with Gasteiger partial charge in [0.25, 0.3) is 11.1 Å². The van der Waals surface area contributed by atoms with Gasteiger partial charge in [-0.05, 0) is 0 Å². The van der Waals surface area contributed by atoms with Crippen LogP contribution in [-0.2, 0) is 45.8 Å². The minimum Gasteiger partial charge on any atom is -0.512 e. The molecule has 33 heteroatoms. The molecule has 0 aromatic carbocycles. The van der Waals surface area contributed by atoms with E-state index in [1.807, 2.05) is 0 Å². The molecule has 6 rings (SSSR count). The molecule has 8 unspecified atom stereocenters. The lowest BCUT2D eigenvalue weighted by Gasteiger charge is -2.22. The van der Waals surface area contributed by atoms with E-state index in [9.17, 15) is 63.3 Å². The maximum atomic E-state index is 12.8. The van der Waals surface area contributed by atoms with Gasteiger partial charge in [-0.25, -0.2) is 23.7 Å². The number of aliphatic hydroxyl groups is 4. The molecule has 14 N–H and O–H groups in total. The molecular formula is C25H35N10O20P3. The Bertz CT molecular complexity index is 2440. The van der Waals surface area contributed by atoms with Crippen molar-refractivity contribution in [1.29, 1.82) is 0 Å². The highest BCUT2D eigenvalue weighted by Gasteiger charge is 2.48. The van der Waals surface area contributed by atoms with Crippen LogP contribution in [0.25, 0.3) is 22.3 Å². The number of phosphoric acid groups is 3. The van der Waals surface area contributed by atoms with E-state index in [2.05, 4.69) is 41.0 Å². The zero-order valence-corrected chi connectivity index (χ0v) is 31.7. The summed E-state index contributed by atoms with van der Waals surface area (Å²) < 4.78 is 74.1. The highest BCUT2D eigenvalue weighted by Crippen LogP contribution is 2.49. The van der Waals surface area contributed by atoms with Gasteiger partial charge in [0.1, 0.15) is 36.7 Å². The van der Waals surface area contributed by atoms with Crippen LogP contribution in [0.3, 0.4) is 0 Å². The largest absolute Gasteiger partial charge is 0.512 e. The van der Waals surface area contributed by atoms with Crippen molar-refractivity contribution >= 4 is 57.7 Å². The number of hydrogen-bond acceptors (Lipinski definition) is 22. The topological polar surface area (TPSA) is 457 Å². The lowest BCUT2D eigenvalue weighted by molar-refractivity contribution is -0.0531. The zero-order chi connectivity index (χ0) is 42.5. The first-order chi connectivity index (χ1) is 27.0. The van der Waals surface area contributed by atoms with Crippen molar-refractivity contribution in [3.63, 3.8) is 0 Å². The maximum absolute atomic E-state index is 12.8.